The van der Waals surface area contributed by atoms with E-state index in [0.29, 0.717) is 0 Å². The molecule has 57 heavy (non-hydrogen) atoms. The van der Waals surface area contributed by atoms with E-state index in [1.807, 2.05) is 0 Å². The van der Waals surface area contributed by atoms with E-state index in [1.165, 1.54) is 77.0 Å². The molecule has 268 valence electrons. The molecule has 2 heterocycles. The van der Waals surface area contributed by atoms with Crippen LogP contribution >= 0.6 is 15.9 Å². The first-order valence-electron chi connectivity index (χ1n) is 19.4. The predicted octanol–water partition coefficient (Wildman–Crippen LogP) is 15.3. The van der Waals surface area contributed by atoms with Crippen molar-refractivity contribution in [1.29, 1.82) is 0 Å². The molecule has 0 aliphatic carbocycles. The molecule has 0 fully saturated rings. The number of hydrogen-bond donors (Lipinski definition) is 0. The second-order valence-electron chi connectivity index (χ2n) is 14.7. The molecule has 2 aromatic heterocycles. The molecule has 0 spiro atoms. The quantitative estimate of drug-likeness (QED) is 0.159. The fourth-order valence-corrected chi connectivity index (χ4v) is 9.19. The van der Waals surface area contributed by atoms with Crippen molar-refractivity contribution in [1.82, 2.24) is 9.13 Å². The summed E-state index contributed by atoms with van der Waals surface area (Å²) in [7, 11) is 0. The number of para-hydroxylation sites is 4. The molecular formula is C54H35BrN2. The van der Waals surface area contributed by atoms with Crippen LogP contribution in [0.1, 0.15) is 0 Å². The Labute approximate surface area is 339 Å². The SMILES string of the molecule is Brc1cc(-c2ccccc2)cc(-c2cc(-c3ccc4c(c3)c3ccccc3n4-c3ccccc3)cc(-c3ccc4c5ccccc5n(-c5ccccc5)c4c3)c2)c1. The average Bonchev–Trinajstić information content (AvgIpc) is 3.79. The lowest BCUT2D eigenvalue weighted by atomic mass is 9.91. The Bertz CT molecular complexity index is 3280. The summed E-state index contributed by atoms with van der Waals surface area (Å²) in [5, 5.41) is 4.98. The summed E-state index contributed by atoms with van der Waals surface area (Å²) in [6.45, 7) is 0. The highest BCUT2D eigenvalue weighted by Crippen LogP contribution is 2.41. The Kier molecular flexibility index (Phi) is 8.01. The molecule has 0 amide bonds. The van der Waals surface area contributed by atoms with Gasteiger partial charge in [-0.25, -0.2) is 0 Å². The number of fused-ring (bicyclic) bond motifs is 6. The maximum absolute atomic E-state index is 3.88. The van der Waals surface area contributed by atoms with Crippen LogP contribution in [0.25, 0.3) is 99.5 Å². The third-order valence-electron chi connectivity index (χ3n) is 11.3. The Morgan fingerprint density at radius 3 is 1.26 bits per heavy atom. The molecule has 3 heteroatoms. The van der Waals surface area contributed by atoms with Gasteiger partial charge in [0.1, 0.15) is 0 Å². The molecule has 0 saturated heterocycles. The van der Waals surface area contributed by atoms with Crippen LogP contribution in [0, 0.1) is 0 Å². The Morgan fingerprint density at radius 1 is 0.246 bits per heavy atom. The first-order valence-corrected chi connectivity index (χ1v) is 20.2. The lowest BCUT2D eigenvalue weighted by molar-refractivity contribution is 1.18. The zero-order chi connectivity index (χ0) is 37.9. The maximum atomic E-state index is 3.88. The lowest BCUT2D eigenvalue weighted by Gasteiger charge is -2.14. The molecule has 9 aromatic carbocycles. The van der Waals surface area contributed by atoms with E-state index in [0.717, 1.165) is 27.0 Å². The van der Waals surface area contributed by atoms with Gasteiger partial charge in [0.15, 0.2) is 0 Å². The van der Waals surface area contributed by atoms with Gasteiger partial charge in [-0.1, -0.05) is 137 Å². The van der Waals surface area contributed by atoms with E-state index in [9.17, 15) is 0 Å². The molecule has 0 bridgehead atoms. The van der Waals surface area contributed by atoms with E-state index in [-0.39, 0.29) is 0 Å². The molecular weight excluding hydrogens is 757 g/mol. The Morgan fingerprint density at radius 2 is 0.649 bits per heavy atom. The summed E-state index contributed by atoms with van der Waals surface area (Å²) < 4.78 is 5.83. The topological polar surface area (TPSA) is 9.86 Å². The minimum absolute atomic E-state index is 1.05. The van der Waals surface area contributed by atoms with Gasteiger partial charge >= 0.3 is 0 Å². The normalized spacial score (nSPS) is 11.6. The molecule has 0 radical (unpaired) electrons. The minimum atomic E-state index is 1.05. The second kappa shape index (κ2) is 13.7. The third kappa shape index (κ3) is 5.78. The van der Waals surface area contributed by atoms with Crippen LogP contribution in [-0.2, 0) is 0 Å². The van der Waals surface area contributed by atoms with E-state index >= 15 is 0 Å². The van der Waals surface area contributed by atoms with Gasteiger partial charge in [0.05, 0.1) is 22.1 Å². The van der Waals surface area contributed by atoms with Crippen molar-refractivity contribution < 1.29 is 0 Å². The number of hydrogen-bond acceptors (Lipinski definition) is 0. The van der Waals surface area contributed by atoms with Crippen molar-refractivity contribution in [2.75, 3.05) is 0 Å². The largest absolute Gasteiger partial charge is 0.309 e. The molecule has 0 unspecified atom stereocenters. The summed E-state index contributed by atoms with van der Waals surface area (Å²) in [5.74, 6) is 0. The molecule has 0 aliphatic rings. The number of nitrogens with zero attached hydrogens (tertiary/aromatic N) is 2. The van der Waals surface area contributed by atoms with Gasteiger partial charge in [0.25, 0.3) is 0 Å². The number of benzene rings is 9. The average molecular weight is 792 g/mol. The van der Waals surface area contributed by atoms with Crippen LogP contribution in [0.2, 0.25) is 0 Å². The molecule has 11 rings (SSSR count). The van der Waals surface area contributed by atoms with Crippen molar-refractivity contribution in [3.63, 3.8) is 0 Å². The van der Waals surface area contributed by atoms with Gasteiger partial charge in [-0.3, -0.25) is 0 Å². The number of halogens is 1. The zero-order valence-corrected chi connectivity index (χ0v) is 32.6. The van der Waals surface area contributed by atoms with Crippen LogP contribution in [-0.4, -0.2) is 9.13 Å². The summed E-state index contributed by atoms with van der Waals surface area (Å²) in [4.78, 5) is 0. The first-order chi connectivity index (χ1) is 28.2. The number of rotatable bonds is 6. The van der Waals surface area contributed by atoms with Gasteiger partial charge in [-0.05, 0) is 136 Å². The van der Waals surface area contributed by atoms with Crippen LogP contribution in [0.3, 0.4) is 0 Å². The van der Waals surface area contributed by atoms with Crippen LogP contribution in [0.5, 0.6) is 0 Å². The van der Waals surface area contributed by atoms with E-state index in [4.69, 9.17) is 0 Å². The first kappa shape index (κ1) is 33.4. The van der Waals surface area contributed by atoms with Gasteiger partial charge < -0.3 is 9.13 Å². The predicted molar refractivity (Wildman–Crippen MR) is 245 cm³/mol. The highest BCUT2D eigenvalue weighted by Gasteiger charge is 2.17. The maximum Gasteiger partial charge on any atom is 0.0547 e. The lowest BCUT2D eigenvalue weighted by Crippen LogP contribution is -1.93. The van der Waals surface area contributed by atoms with Crippen molar-refractivity contribution in [2.45, 2.75) is 0 Å². The highest BCUT2D eigenvalue weighted by molar-refractivity contribution is 9.10. The zero-order valence-electron chi connectivity index (χ0n) is 31.0. The van der Waals surface area contributed by atoms with Crippen molar-refractivity contribution in [3.8, 4) is 55.9 Å². The smallest absolute Gasteiger partial charge is 0.0547 e. The summed E-state index contributed by atoms with van der Waals surface area (Å²) in [6, 6.07) is 77.2. The van der Waals surface area contributed by atoms with E-state index in [1.54, 1.807) is 0 Å². The molecule has 0 N–H and O–H groups in total. The van der Waals surface area contributed by atoms with Crippen molar-refractivity contribution in [2.24, 2.45) is 0 Å². The molecule has 11 aromatic rings. The molecule has 0 saturated carbocycles. The van der Waals surface area contributed by atoms with Gasteiger partial charge in [0.2, 0.25) is 0 Å². The standard InChI is InChI=1S/C54H35BrN2/c55-44-32-42(36-14-4-1-5-15-36)31-43(33-44)41-29-39(37-25-27-53-50(34-37)48-21-11-13-23-52(48)56(53)45-16-6-2-7-17-45)28-40(30-41)38-24-26-49-47-20-10-12-22-51(47)57(54(49)35-38)46-18-8-3-9-19-46/h1-35H. The fraction of sp³-hybridized carbons (Fsp3) is 0. The van der Waals surface area contributed by atoms with Gasteiger partial charge in [0, 0.05) is 37.4 Å². The summed E-state index contributed by atoms with van der Waals surface area (Å²) >= 11 is 3.88. The minimum Gasteiger partial charge on any atom is -0.309 e. The fourth-order valence-electron chi connectivity index (χ4n) is 8.69. The summed E-state index contributed by atoms with van der Waals surface area (Å²) in [5.41, 5.74) is 16.5. The number of aromatic nitrogens is 2. The second-order valence-corrected chi connectivity index (χ2v) is 15.6. The monoisotopic (exact) mass is 790 g/mol. The van der Waals surface area contributed by atoms with Crippen molar-refractivity contribution >= 4 is 59.5 Å². The van der Waals surface area contributed by atoms with E-state index in [2.05, 4.69) is 237 Å². The van der Waals surface area contributed by atoms with Gasteiger partial charge in [-0.2, -0.15) is 0 Å². The highest BCUT2D eigenvalue weighted by atomic mass is 79.9. The van der Waals surface area contributed by atoms with Gasteiger partial charge in [-0.15, -0.1) is 0 Å². The Balaban J connectivity index is 1.15. The van der Waals surface area contributed by atoms with Crippen LogP contribution < -0.4 is 0 Å². The summed E-state index contributed by atoms with van der Waals surface area (Å²) in [6.07, 6.45) is 0. The Hall–Kier alpha value is -6.94. The molecule has 0 atom stereocenters. The molecule has 0 aliphatic heterocycles. The van der Waals surface area contributed by atoms with Crippen LogP contribution in [0.15, 0.2) is 217 Å². The van der Waals surface area contributed by atoms with E-state index < -0.39 is 0 Å². The third-order valence-corrected chi connectivity index (χ3v) is 11.8. The van der Waals surface area contributed by atoms with Crippen molar-refractivity contribution in [3.05, 3.63) is 217 Å². The molecule has 2 nitrogen and oxygen atoms in total. The van der Waals surface area contributed by atoms with Crippen LogP contribution in [0.4, 0.5) is 0 Å².